The molecule has 0 saturated heterocycles. The fourth-order valence-electron chi connectivity index (χ4n) is 0. The summed E-state index contributed by atoms with van der Waals surface area (Å²) in [4.78, 5) is 9.70. The molecule has 0 aromatic rings. The zero-order valence-electron chi connectivity index (χ0n) is 5.40. The van der Waals surface area contributed by atoms with Crippen molar-refractivity contribution < 1.29 is 9.90 Å². The van der Waals surface area contributed by atoms with Crippen LogP contribution in [0.15, 0.2) is 0 Å². The quantitative estimate of drug-likeness (QED) is 0.629. The molecule has 0 aliphatic heterocycles. The lowest BCUT2D eigenvalue weighted by molar-refractivity contribution is -0.140. The van der Waals surface area contributed by atoms with E-state index in [0.29, 0.717) is 0 Å². The number of hydrogen-bond donors (Lipinski definition) is 1. The first kappa shape index (κ1) is 12.5. The first-order valence-electron chi connectivity index (χ1n) is 2.41. The average Bonchev–Trinajstić information content (AvgIpc) is 1.68. The van der Waals surface area contributed by atoms with Crippen molar-refractivity contribution in [2.45, 2.75) is 13.8 Å². The summed E-state index contributed by atoms with van der Waals surface area (Å²) in [6, 6.07) is 0. The van der Waals surface area contributed by atoms with Gasteiger partial charge in [0.1, 0.15) is 0 Å². The third kappa shape index (κ3) is 17.7. The lowest BCUT2D eigenvalue weighted by Gasteiger charge is -1.89. The molecule has 2 nitrogen and oxygen atoms in total. The number of halogens is 2. The van der Waals surface area contributed by atoms with Crippen LogP contribution < -0.4 is 0 Å². The van der Waals surface area contributed by atoms with E-state index in [4.69, 9.17) is 23.2 Å². The molecule has 5 heteroatoms. The molecule has 0 heterocycles. The molecule has 0 amide bonds. The van der Waals surface area contributed by atoms with Gasteiger partial charge in [-0.2, -0.15) is 0 Å². The van der Waals surface area contributed by atoms with E-state index in [2.05, 4.69) is 0 Å². The molecule has 0 aliphatic rings. The van der Waals surface area contributed by atoms with Gasteiger partial charge in [0.05, 0.1) is 5.92 Å². The number of carboxylic acid groups (broad SMARTS) is 1. The molecule has 0 fully saturated rings. The predicted octanol–water partition coefficient (Wildman–Crippen LogP) is 1.73. The van der Waals surface area contributed by atoms with Gasteiger partial charge in [0, 0.05) is 0 Å². The molecule has 0 atom stereocenters. The highest BCUT2D eigenvalue weighted by Gasteiger charge is 1.99. The zero-order valence-corrected chi connectivity index (χ0v) is 8.32. The highest BCUT2D eigenvalue weighted by Crippen LogP contribution is 1.87. The maximum atomic E-state index is 9.70. The molecule has 0 aromatic heterocycles. The Morgan fingerprint density at radius 1 is 1.56 bits per heavy atom. The molecule has 0 unspecified atom stereocenters. The van der Waals surface area contributed by atoms with Crippen LogP contribution in [0.5, 0.6) is 0 Å². The summed E-state index contributed by atoms with van der Waals surface area (Å²) in [5.41, 5.74) is 0. The molecular formula is C4H8Cl2MgO2. The number of aliphatic carboxylic acids is 1. The summed E-state index contributed by atoms with van der Waals surface area (Å²) in [6.45, 7) is 3.28. The van der Waals surface area contributed by atoms with E-state index in [0.717, 1.165) is 0 Å². The van der Waals surface area contributed by atoms with Gasteiger partial charge in [-0.25, -0.2) is 0 Å². The predicted molar refractivity (Wildman–Crippen MR) is 39.9 cm³/mol. The molecule has 0 bridgehead atoms. The summed E-state index contributed by atoms with van der Waals surface area (Å²) in [7, 11) is 9.81. The molecule has 9 heavy (non-hydrogen) atoms. The number of carbonyl (C=O) groups is 1. The summed E-state index contributed by atoms with van der Waals surface area (Å²) in [5, 5.41) is 7.99. The van der Waals surface area contributed by atoms with E-state index in [1.54, 1.807) is 13.8 Å². The van der Waals surface area contributed by atoms with E-state index >= 15 is 0 Å². The van der Waals surface area contributed by atoms with Gasteiger partial charge in [-0.1, -0.05) is 13.8 Å². The molecule has 0 saturated carbocycles. The largest absolute Gasteiger partial charge is 0.618 e. The van der Waals surface area contributed by atoms with Gasteiger partial charge in [0.15, 0.2) is 0 Å². The number of rotatable bonds is 1. The first-order valence-corrected chi connectivity index (χ1v) is 6.68. The summed E-state index contributed by atoms with van der Waals surface area (Å²) in [5.74, 6) is -0.972. The summed E-state index contributed by atoms with van der Waals surface area (Å²) in [6.07, 6.45) is 0. The number of hydrogen-bond acceptors (Lipinski definition) is 1. The average molecular weight is 183 g/mol. The zero-order chi connectivity index (χ0) is 7.86. The molecule has 0 radical (unpaired) electrons. The molecule has 52 valence electrons. The van der Waals surface area contributed by atoms with Gasteiger partial charge in [-0.3, -0.25) is 4.79 Å². The Morgan fingerprint density at radius 2 is 1.67 bits per heavy atom. The Kier molecular flexibility index (Phi) is 12.2. The Labute approximate surface area is 71.8 Å². The third-order valence-corrected chi connectivity index (χ3v) is 0.494. The van der Waals surface area contributed by atoms with Crippen molar-refractivity contribution in [1.29, 1.82) is 0 Å². The van der Waals surface area contributed by atoms with Gasteiger partial charge < -0.3 is 23.2 Å². The Hall–Kier alpha value is 0.816. The Bertz CT molecular complexity index is 77.0. The van der Waals surface area contributed by atoms with E-state index < -0.39 is 24.1 Å². The standard InChI is InChI=1S/C4H8O2.2ClH.Mg/c1-3(2)4(5)6;;;/h3H,1-2H3,(H,5,6);2*1H;/q;;;+2/p-2. The maximum absolute atomic E-state index is 9.70. The monoisotopic (exact) mass is 182 g/mol. The minimum atomic E-state index is -0.741. The van der Waals surface area contributed by atoms with Crippen LogP contribution in [0.2, 0.25) is 0 Å². The second-order valence-electron chi connectivity index (χ2n) is 1.59. The molecule has 0 spiro atoms. The van der Waals surface area contributed by atoms with Crippen LogP contribution in [0.1, 0.15) is 13.8 Å². The Morgan fingerprint density at radius 3 is 1.67 bits per heavy atom. The van der Waals surface area contributed by atoms with Gasteiger partial charge in [-0.15, -0.1) is 0 Å². The van der Waals surface area contributed by atoms with Crippen LogP contribution in [0.25, 0.3) is 0 Å². The normalized spacial score (nSPS) is 7.22. The topological polar surface area (TPSA) is 37.3 Å². The second kappa shape index (κ2) is 8.82. The van der Waals surface area contributed by atoms with Gasteiger partial charge in [-0.05, 0) is 0 Å². The lowest BCUT2D eigenvalue weighted by atomic mass is 10.2. The lowest BCUT2D eigenvalue weighted by Crippen LogP contribution is -2.03. The van der Waals surface area contributed by atoms with Crippen molar-refractivity contribution >= 4 is 42.3 Å². The van der Waals surface area contributed by atoms with Crippen molar-refractivity contribution in [3.63, 3.8) is 0 Å². The molecular weight excluding hydrogens is 175 g/mol. The van der Waals surface area contributed by atoms with Crippen LogP contribution in [-0.2, 0) is 4.79 Å². The van der Waals surface area contributed by atoms with Crippen LogP contribution in [-0.4, -0.2) is 29.2 Å². The van der Waals surface area contributed by atoms with E-state index in [9.17, 15) is 4.79 Å². The van der Waals surface area contributed by atoms with E-state index in [1.165, 1.54) is 0 Å². The van der Waals surface area contributed by atoms with E-state index in [1.807, 2.05) is 0 Å². The molecule has 1 N–H and O–H groups in total. The molecule has 0 aromatic carbocycles. The summed E-state index contributed by atoms with van der Waals surface area (Å²) < 4.78 is 0. The van der Waals surface area contributed by atoms with Crippen LogP contribution in [0.4, 0.5) is 0 Å². The van der Waals surface area contributed by atoms with E-state index in [-0.39, 0.29) is 5.92 Å². The van der Waals surface area contributed by atoms with Crippen molar-refractivity contribution in [1.82, 2.24) is 0 Å². The smallest absolute Gasteiger partial charge is 0.481 e. The Balaban J connectivity index is 0. The highest BCUT2D eigenvalue weighted by molar-refractivity contribution is 7.22. The number of carboxylic acids is 1. The highest BCUT2D eigenvalue weighted by atomic mass is 35.6. The fraction of sp³-hybridized carbons (Fsp3) is 0.750. The minimum absolute atomic E-state index is 0.231. The summed E-state index contributed by atoms with van der Waals surface area (Å²) >= 11 is -0.639. The first-order chi connectivity index (χ1) is 4.06. The van der Waals surface area contributed by atoms with Gasteiger partial charge in [0.25, 0.3) is 0 Å². The van der Waals surface area contributed by atoms with Crippen molar-refractivity contribution in [2.75, 3.05) is 0 Å². The van der Waals surface area contributed by atoms with Gasteiger partial charge in [0.2, 0.25) is 0 Å². The van der Waals surface area contributed by atoms with Crippen molar-refractivity contribution in [3.8, 4) is 0 Å². The molecule has 0 aliphatic carbocycles. The third-order valence-electron chi connectivity index (χ3n) is 0.494. The SMILES string of the molecule is CC(C)C(=O)O.[Cl][Mg][Cl]. The second-order valence-corrected chi connectivity index (χ2v) is 4.22. The fourth-order valence-corrected chi connectivity index (χ4v) is 0. The van der Waals surface area contributed by atoms with Gasteiger partial charge >= 0.3 is 24.1 Å². The van der Waals surface area contributed by atoms with Crippen molar-refractivity contribution in [3.05, 3.63) is 0 Å². The van der Waals surface area contributed by atoms with Crippen LogP contribution in [0.3, 0.4) is 0 Å². The van der Waals surface area contributed by atoms with Crippen LogP contribution >= 0.6 is 18.1 Å². The maximum Gasteiger partial charge on any atom is 0.618 e. The van der Waals surface area contributed by atoms with Crippen LogP contribution in [0, 0.1) is 5.92 Å². The molecule has 0 rings (SSSR count). The van der Waals surface area contributed by atoms with Crippen molar-refractivity contribution in [2.24, 2.45) is 5.92 Å². The minimum Gasteiger partial charge on any atom is -0.481 e.